The lowest BCUT2D eigenvalue weighted by atomic mass is 10.1. The average molecular weight is 343 g/mol. The molecule has 0 aromatic heterocycles. The van der Waals surface area contributed by atoms with E-state index in [0.717, 1.165) is 0 Å². The summed E-state index contributed by atoms with van der Waals surface area (Å²) in [6, 6.07) is 11.2. The Balaban J connectivity index is 0.00000441. The van der Waals surface area contributed by atoms with Crippen molar-refractivity contribution < 1.29 is 12.4 Å². The average Bonchev–Trinajstić information content (AvgIpc) is 2.50. The second-order valence-electron chi connectivity index (χ2n) is 6.93. The Morgan fingerprint density at radius 1 is 0.682 bits per heavy atom. The molecule has 0 heterocycles. The molecule has 0 nitrogen and oxygen atoms in total. The van der Waals surface area contributed by atoms with Gasteiger partial charge in [0.15, 0.2) is 0 Å². The third-order valence-electron chi connectivity index (χ3n) is 4.53. The molecule has 2 heteroatoms. The molecular weight excluding hydrogens is 307 g/mol. The van der Waals surface area contributed by atoms with Crippen molar-refractivity contribution in [2.75, 3.05) is 19.5 Å². The van der Waals surface area contributed by atoms with Gasteiger partial charge in [-0.15, -0.1) is 0 Å². The van der Waals surface area contributed by atoms with Crippen LogP contribution in [0.3, 0.4) is 0 Å². The van der Waals surface area contributed by atoms with Crippen LogP contribution in [0.25, 0.3) is 0 Å². The second-order valence-corrected chi connectivity index (χ2v) is 11.3. The van der Waals surface area contributed by atoms with Crippen molar-refractivity contribution in [3.05, 3.63) is 30.3 Å². The maximum atomic E-state index is 2.50. The molecule has 1 aromatic rings. The monoisotopic (exact) mass is 342 g/mol. The van der Waals surface area contributed by atoms with Crippen molar-refractivity contribution in [3.8, 4) is 0 Å². The van der Waals surface area contributed by atoms with E-state index >= 15 is 0 Å². The van der Waals surface area contributed by atoms with Gasteiger partial charge in [0.2, 0.25) is 0 Å². The normalized spacial score (nSPS) is 11.2. The zero-order valence-corrected chi connectivity index (χ0v) is 16.6. The van der Waals surface area contributed by atoms with Gasteiger partial charge in [0.1, 0.15) is 0 Å². The summed E-state index contributed by atoms with van der Waals surface area (Å²) < 4.78 is 0. The predicted octanol–water partition coefficient (Wildman–Crippen LogP) is 3.51. The third-order valence-corrected chi connectivity index (χ3v) is 7.66. The van der Waals surface area contributed by atoms with Crippen molar-refractivity contribution >= 4 is 12.6 Å². The molecule has 0 aliphatic carbocycles. The SMILES string of the molecule is CCCCCCCCCCCC[P+](C)(C)c1ccccc1.[Cl-]. The summed E-state index contributed by atoms with van der Waals surface area (Å²) in [5.74, 6) is 0. The lowest BCUT2D eigenvalue weighted by molar-refractivity contribution is -0.00000468. The molecule has 0 unspecified atom stereocenters. The highest BCUT2D eigenvalue weighted by atomic mass is 35.5. The van der Waals surface area contributed by atoms with Crippen LogP contribution in [0.1, 0.15) is 71.1 Å². The summed E-state index contributed by atoms with van der Waals surface area (Å²) in [5.41, 5.74) is 0. The Labute approximate surface area is 146 Å². The zero-order valence-electron chi connectivity index (χ0n) is 15.0. The number of rotatable bonds is 12. The first-order valence-electron chi connectivity index (χ1n) is 9.05. The molecule has 0 saturated carbocycles. The Morgan fingerprint density at radius 2 is 1.14 bits per heavy atom. The van der Waals surface area contributed by atoms with Crippen LogP contribution in [-0.4, -0.2) is 19.5 Å². The van der Waals surface area contributed by atoms with Gasteiger partial charge < -0.3 is 12.4 Å². The van der Waals surface area contributed by atoms with Gasteiger partial charge in [0.25, 0.3) is 0 Å². The largest absolute Gasteiger partial charge is 1.00 e. The summed E-state index contributed by atoms with van der Waals surface area (Å²) in [4.78, 5) is 0. The third kappa shape index (κ3) is 9.86. The molecule has 128 valence electrons. The highest BCUT2D eigenvalue weighted by Gasteiger charge is 2.26. The molecule has 1 rings (SSSR count). The van der Waals surface area contributed by atoms with Crippen LogP contribution in [0, 0.1) is 0 Å². The molecule has 0 saturated heterocycles. The van der Waals surface area contributed by atoms with Crippen molar-refractivity contribution in [3.63, 3.8) is 0 Å². The van der Waals surface area contributed by atoms with E-state index in [2.05, 4.69) is 50.6 Å². The summed E-state index contributed by atoms with van der Waals surface area (Å²) >= 11 is 0. The number of hydrogen-bond acceptors (Lipinski definition) is 0. The van der Waals surface area contributed by atoms with Crippen molar-refractivity contribution in [2.45, 2.75) is 71.1 Å². The number of unbranched alkanes of at least 4 members (excludes halogenated alkanes) is 9. The minimum absolute atomic E-state index is 0. The fourth-order valence-electron chi connectivity index (χ4n) is 2.96. The van der Waals surface area contributed by atoms with Crippen LogP contribution in [0.5, 0.6) is 0 Å². The maximum Gasteiger partial charge on any atom is 0.0933 e. The van der Waals surface area contributed by atoms with Crippen LogP contribution in [0.4, 0.5) is 0 Å². The smallest absolute Gasteiger partial charge is 0.0933 e. The highest BCUT2D eigenvalue weighted by Crippen LogP contribution is 2.50. The molecule has 0 aliphatic rings. The molecule has 0 aliphatic heterocycles. The van der Waals surface area contributed by atoms with E-state index in [1.165, 1.54) is 70.4 Å². The summed E-state index contributed by atoms with van der Waals surface area (Å²) in [6.07, 6.45) is 15.8. The molecule has 0 spiro atoms. The van der Waals surface area contributed by atoms with Crippen LogP contribution >= 0.6 is 7.26 Å². The van der Waals surface area contributed by atoms with Gasteiger partial charge in [0, 0.05) is 7.26 Å². The van der Waals surface area contributed by atoms with Gasteiger partial charge in [-0.2, -0.15) is 0 Å². The van der Waals surface area contributed by atoms with Crippen molar-refractivity contribution in [1.29, 1.82) is 0 Å². The first-order valence-corrected chi connectivity index (χ1v) is 11.9. The maximum absolute atomic E-state index is 2.50. The van der Waals surface area contributed by atoms with Gasteiger partial charge in [-0.1, -0.05) is 76.5 Å². The van der Waals surface area contributed by atoms with Crippen LogP contribution < -0.4 is 17.7 Å². The zero-order chi connectivity index (χ0) is 15.4. The Kier molecular flexibility index (Phi) is 13.3. The number of hydrogen-bond donors (Lipinski definition) is 0. The molecule has 0 radical (unpaired) electrons. The van der Waals surface area contributed by atoms with Crippen LogP contribution in [0.15, 0.2) is 30.3 Å². The quantitative estimate of drug-likeness (QED) is 0.403. The minimum atomic E-state index is -0.869. The topological polar surface area (TPSA) is 0 Å². The minimum Gasteiger partial charge on any atom is -1.00 e. The Morgan fingerprint density at radius 3 is 1.64 bits per heavy atom. The first kappa shape index (κ1) is 21.9. The van der Waals surface area contributed by atoms with Gasteiger partial charge >= 0.3 is 0 Å². The van der Waals surface area contributed by atoms with Gasteiger partial charge in [-0.3, -0.25) is 0 Å². The lowest BCUT2D eigenvalue weighted by Gasteiger charge is -2.17. The van der Waals surface area contributed by atoms with Gasteiger partial charge in [0.05, 0.1) is 24.8 Å². The van der Waals surface area contributed by atoms with E-state index in [0.29, 0.717) is 0 Å². The number of benzene rings is 1. The molecule has 0 fully saturated rings. The van der Waals surface area contributed by atoms with Crippen LogP contribution in [0.2, 0.25) is 0 Å². The second kappa shape index (κ2) is 13.4. The standard InChI is InChI=1S/C20H36P.ClH/c1-4-5-6-7-8-9-10-11-12-16-19-21(2,3)20-17-14-13-15-18-20;/h13-15,17-18H,4-12,16,19H2,1-3H3;1H/q+1;/p-1. The van der Waals surface area contributed by atoms with E-state index in [1.807, 2.05) is 0 Å². The van der Waals surface area contributed by atoms with Crippen molar-refractivity contribution in [2.24, 2.45) is 0 Å². The Bertz CT molecular complexity index is 348. The lowest BCUT2D eigenvalue weighted by Crippen LogP contribution is -3.00. The molecule has 0 amide bonds. The van der Waals surface area contributed by atoms with Crippen LogP contribution in [-0.2, 0) is 0 Å². The molecular formula is C20H36ClP. The van der Waals surface area contributed by atoms with Gasteiger partial charge in [-0.25, -0.2) is 0 Å². The summed E-state index contributed by atoms with van der Waals surface area (Å²) in [5, 5.41) is 1.60. The number of halogens is 1. The van der Waals surface area contributed by atoms with E-state index in [1.54, 1.807) is 5.30 Å². The molecule has 22 heavy (non-hydrogen) atoms. The highest BCUT2D eigenvalue weighted by molar-refractivity contribution is 7.81. The Hall–Kier alpha value is -0.0600. The molecule has 0 bridgehead atoms. The molecule has 0 atom stereocenters. The summed E-state index contributed by atoms with van der Waals surface area (Å²) in [7, 11) is -0.869. The van der Waals surface area contributed by atoms with E-state index in [9.17, 15) is 0 Å². The van der Waals surface area contributed by atoms with E-state index in [4.69, 9.17) is 0 Å². The summed E-state index contributed by atoms with van der Waals surface area (Å²) in [6.45, 7) is 7.28. The van der Waals surface area contributed by atoms with Crippen molar-refractivity contribution in [1.82, 2.24) is 0 Å². The molecule has 1 aromatic carbocycles. The van der Waals surface area contributed by atoms with E-state index in [-0.39, 0.29) is 12.4 Å². The molecule has 0 N–H and O–H groups in total. The predicted molar refractivity (Wildman–Crippen MR) is 102 cm³/mol. The van der Waals surface area contributed by atoms with E-state index < -0.39 is 7.26 Å². The van der Waals surface area contributed by atoms with Gasteiger partial charge in [-0.05, 0) is 25.0 Å². The first-order chi connectivity index (χ1) is 10.2. The fourth-order valence-corrected chi connectivity index (χ4v) is 5.21. The fraction of sp³-hybridized carbons (Fsp3) is 0.700.